The molecule has 1 aromatic carbocycles. The molecule has 19 heavy (non-hydrogen) atoms. The van der Waals surface area contributed by atoms with Crippen LogP contribution in [0.4, 0.5) is 4.39 Å². The van der Waals surface area contributed by atoms with E-state index in [0.29, 0.717) is 17.2 Å². The summed E-state index contributed by atoms with van der Waals surface area (Å²) >= 11 is 3.32. The van der Waals surface area contributed by atoms with E-state index >= 15 is 0 Å². The van der Waals surface area contributed by atoms with E-state index in [0.717, 1.165) is 17.4 Å². The Labute approximate surface area is 120 Å². The molecular weight excluding hydrogens is 311 g/mol. The molecule has 1 unspecified atom stereocenters. The van der Waals surface area contributed by atoms with Gasteiger partial charge in [-0.25, -0.2) is 9.37 Å². The van der Waals surface area contributed by atoms with Crippen molar-refractivity contribution in [3.63, 3.8) is 0 Å². The van der Waals surface area contributed by atoms with Crippen LogP contribution < -0.4 is 5.32 Å². The second-order valence-corrected chi connectivity index (χ2v) is 5.28. The number of nitrogens with zero attached hydrogens (tertiary/aromatic N) is 1. The van der Waals surface area contributed by atoms with Gasteiger partial charge in [0.05, 0.1) is 17.8 Å². The first kappa shape index (κ1) is 14.2. The highest BCUT2D eigenvalue weighted by molar-refractivity contribution is 9.10. The lowest BCUT2D eigenvalue weighted by Crippen LogP contribution is -2.19. The summed E-state index contributed by atoms with van der Waals surface area (Å²) in [5.74, 6) is 0.696. The van der Waals surface area contributed by atoms with Gasteiger partial charge in [0.15, 0.2) is 5.76 Å². The molecule has 1 atom stereocenters. The summed E-state index contributed by atoms with van der Waals surface area (Å²) < 4.78 is 20.2. The Bertz CT molecular complexity index is 556. The van der Waals surface area contributed by atoms with E-state index in [-0.39, 0.29) is 11.9 Å². The van der Waals surface area contributed by atoms with E-state index < -0.39 is 0 Å². The molecule has 0 bridgehead atoms. The van der Waals surface area contributed by atoms with Gasteiger partial charge >= 0.3 is 0 Å². The molecule has 2 rings (SSSR count). The lowest BCUT2D eigenvalue weighted by molar-refractivity contribution is 0.422. The fourth-order valence-corrected chi connectivity index (χ4v) is 2.11. The second kappa shape index (κ2) is 6.30. The molecule has 0 aliphatic rings. The van der Waals surface area contributed by atoms with Crippen molar-refractivity contribution in [3.05, 3.63) is 40.6 Å². The van der Waals surface area contributed by atoms with Crippen LogP contribution in [0.25, 0.3) is 11.3 Å². The maximum absolute atomic E-state index is 13.7. The summed E-state index contributed by atoms with van der Waals surface area (Å²) in [7, 11) is 0. The minimum Gasteiger partial charge on any atom is -0.439 e. The van der Waals surface area contributed by atoms with Gasteiger partial charge in [0.2, 0.25) is 5.89 Å². The van der Waals surface area contributed by atoms with Gasteiger partial charge in [-0.1, -0.05) is 22.9 Å². The lowest BCUT2D eigenvalue weighted by Gasteiger charge is -2.08. The Hall–Kier alpha value is -1.20. The highest BCUT2D eigenvalue weighted by atomic mass is 79.9. The van der Waals surface area contributed by atoms with Gasteiger partial charge in [0.1, 0.15) is 5.82 Å². The zero-order valence-corrected chi connectivity index (χ0v) is 12.5. The van der Waals surface area contributed by atoms with E-state index in [1.807, 2.05) is 6.92 Å². The minimum absolute atomic E-state index is 0.0175. The molecule has 1 heterocycles. The molecule has 5 heteroatoms. The van der Waals surface area contributed by atoms with Crippen LogP contribution in [0, 0.1) is 5.82 Å². The van der Waals surface area contributed by atoms with Crippen LogP contribution in [0.1, 0.15) is 32.2 Å². The van der Waals surface area contributed by atoms with Crippen LogP contribution in [0.2, 0.25) is 0 Å². The lowest BCUT2D eigenvalue weighted by atomic mass is 10.2. The standard InChI is InChI=1S/C14H16BrFN2O/c1-3-6-17-9(2)14-18-8-13(19-14)11-7-10(15)4-5-12(11)16/h4-5,7-9,17H,3,6H2,1-2H3. The predicted molar refractivity (Wildman–Crippen MR) is 76.3 cm³/mol. The summed E-state index contributed by atoms with van der Waals surface area (Å²) in [5.41, 5.74) is 0.413. The normalized spacial score (nSPS) is 12.6. The van der Waals surface area contributed by atoms with E-state index in [1.165, 1.54) is 6.07 Å². The van der Waals surface area contributed by atoms with E-state index in [1.54, 1.807) is 18.3 Å². The Morgan fingerprint density at radius 1 is 1.47 bits per heavy atom. The Morgan fingerprint density at radius 3 is 3.00 bits per heavy atom. The number of rotatable bonds is 5. The summed E-state index contributed by atoms with van der Waals surface area (Å²) in [6, 6.07) is 4.76. The van der Waals surface area contributed by atoms with Crippen LogP contribution >= 0.6 is 15.9 Å². The summed E-state index contributed by atoms with van der Waals surface area (Å²) in [4.78, 5) is 4.21. The van der Waals surface area contributed by atoms with Crippen molar-refractivity contribution < 1.29 is 8.81 Å². The average molecular weight is 327 g/mol. The van der Waals surface area contributed by atoms with Crippen LogP contribution in [0.3, 0.4) is 0 Å². The topological polar surface area (TPSA) is 38.1 Å². The molecule has 3 nitrogen and oxygen atoms in total. The third-order valence-corrected chi connectivity index (χ3v) is 3.28. The van der Waals surface area contributed by atoms with Crippen LogP contribution in [0.5, 0.6) is 0 Å². The quantitative estimate of drug-likeness (QED) is 0.889. The molecule has 0 saturated carbocycles. The first-order valence-electron chi connectivity index (χ1n) is 6.26. The third kappa shape index (κ3) is 3.42. The Kier molecular flexibility index (Phi) is 4.71. The first-order valence-corrected chi connectivity index (χ1v) is 7.05. The molecule has 1 aromatic heterocycles. The monoisotopic (exact) mass is 326 g/mol. The van der Waals surface area contributed by atoms with Gasteiger partial charge < -0.3 is 9.73 Å². The van der Waals surface area contributed by atoms with Gasteiger partial charge in [-0.3, -0.25) is 0 Å². The number of nitrogens with one attached hydrogen (secondary N) is 1. The highest BCUT2D eigenvalue weighted by Crippen LogP contribution is 2.28. The SMILES string of the molecule is CCCNC(C)c1ncc(-c2cc(Br)ccc2F)o1. The zero-order chi connectivity index (χ0) is 13.8. The molecule has 2 aromatic rings. The number of hydrogen-bond donors (Lipinski definition) is 1. The molecule has 0 aliphatic heterocycles. The van der Waals surface area contributed by atoms with Gasteiger partial charge in [0, 0.05) is 4.47 Å². The van der Waals surface area contributed by atoms with E-state index in [9.17, 15) is 4.39 Å². The fourth-order valence-electron chi connectivity index (χ4n) is 1.75. The van der Waals surface area contributed by atoms with Crippen LogP contribution in [-0.2, 0) is 0 Å². The molecule has 0 amide bonds. The summed E-state index contributed by atoms with van der Waals surface area (Å²) in [5, 5.41) is 3.28. The fraction of sp³-hybridized carbons (Fsp3) is 0.357. The number of halogens is 2. The molecule has 1 N–H and O–H groups in total. The number of aromatic nitrogens is 1. The van der Waals surface area contributed by atoms with Gasteiger partial charge in [0.25, 0.3) is 0 Å². The molecule has 0 aliphatic carbocycles. The smallest absolute Gasteiger partial charge is 0.211 e. The Balaban J connectivity index is 2.23. The van der Waals surface area contributed by atoms with E-state index in [4.69, 9.17) is 4.42 Å². The van der Waals surface area contributed by atoms with Gasteiger partial charge in [-0.05, 0) is 38.1 Å². The molecule has 102 valence electrons. The maximum atomic E-state index is 13.7. The van der Waals surface area contributed by atoms with Gasteiger partial charge in [-0.2, -0.15) is 0 Å². The molecule has 0 saturated heterocycles. The Morgan fingerprint density at radius 2 is 2.26 bits per heavy atom. The van der Waals surface area contributed by atoms with Crippen molar-refractivity contribution >= 4 is 15.9 Å². The maximum Gasteiger partial charge on any atom is 0.211 e. The van der Waals surface area contributed by atoms with Crippen molar-refractivity contribution in [2.45, 2.75) is 26.3 Å². The van der Waals surface area contributed by atoms with Crippen molar-refractivity contribution in [2.24, 2.45) is 0 Å². The summed E-state index contributed by atoms with van der Waals surface area (Å²) in [6.07, 6.45) is 2.60. The van der Waals surface area contributed by atoms with Crippen molar-refractivity contribution in [3.8, 4) is 11.3 Å². The molecule has 0 spiro atoms. The van der Waals surface area contributed by atoms with Crippen molar-refractivity contribution in [1.29, 1.82) is 0 Å². The van der Waals surface area contributed by atoms with E-state index in [2.05, 4.69) is 33.2 Å². The second-order valence-electron chi connectivity index (χ2n) is 4.36. The first-order chi connectivity index (χ1) is 9.11. The third-order valence-electron chi connectivity index (χ3n) is 2.79. The van der Waals surface area contributed by atoms with Gasteiger partial charge in [-0.15, -0.1) is 0 Å². The predicted octanol–water partition coefficient (Wildman–Crippen LogP) is 4.30. The molecule has 0 radical (unpaired) electrons. The van der Waals surface area contributed by atoms with Crippen molar-refractivity contribution in [1.82, 2.24) is 10.3 Å². The molecule has 0 fully saturated rings. The highest BCUT2D eigenvalue weighted by Gasteiger charge is 2.15. The number of benzene rings is 1. The zero-order valence-electron chi connectivity index (χ0n) is 10.9. The number of oxazole rings is 1. The number of hydrogen-bond acceptors (Lipinski definition) is 3. The van der Waals surface area contributed by atoms with Crippen LogP contribution in [0.15, 0.2) is 33.3 Å². The summed E-state index contributed by atoms with van der Waals surface area (Å²) in [6.45, 7) is 4.96. The molecular formula is C14H16BrFN2O. The van der Waals surface area contributed by atoms with Crippen LogP contribution in [-0.4, -0.2) is 11.5 Å². The van der Waals surface area contributed by atoms with Crippen molar-refractivity contribution in [2.75, 3.05) is 6.54 Å². The minimum atomic E-state index is -0.319. The largest absolute Gasteiger partial charge is 0.439 e. The average Bonchev–Trinajstić information content (AvgIpc) is 2.88.